The monoisotopic (exact) mass is 297 g/mol. The fourth-order valence-corrected chi connectivity index (χ4v) is 2.10. The smallest absolute Gasteiger partial charge is 0.145 e. The third kappa shape index (κ3) is 3.93. The number of ketones is 1. The quantitative estimate of drug-likeness (QED) is 0.924. The summed E-state index contributed by atoms with van der Waals surface area (Å²) in [6, 6.07) is 7.92. The van der Waals surface area contributed by atoms with E-state index in [-0.39, 0.29) is 17.1 Å². The maximum atomic E-state index is 12.4. The van der Waals surface area contributed by atoms with Crippen LogP contribution in [-0.2, 0) is 4.79 Å². The minimum Gasteiger partial charge on any atom is -0.330 e. The molecule has 1 aromatic carbocycles. The van der Waals surface area contributed by atoms with Gasteiger partial charge in [-0.05, 0) is 30.7 Å². The Hall–Kier alpha value is -0.670. The topological polar surface area (TPSA) is 43.1 Å². The van der Waals surface area contributed by atoms with Gasteiger partial charge >= 0.3 is 0 Å². The molecule has 0 aliphatic rings. The van der Waals surface area contributed by atoms with Gasteiger partial charge in [-0.15, -0.1) is 0 Å². The summed E-state index contributed by atoms with van der Waals surface area (Å²) in [5.41, 5.74) is 6.34. The summed E-state index contributed by atoms with van der Waals surface area (Å²) in [6.45, 7) is 6.40. The van der Waals surface area contributed by atoms with E-state index < -0.39 is 0 Å². The van der Waals surface area contributed by atoms with Gasteiger partial charge in [-0.3, -0.25) is 4.79 Å². The summed E-state index contributed by atoms with van der Waals surface area (Å²) >= 11 is 3.40. The molecule has 0 spiro atoms. The fraction of sp³-hybridized carbons (Fsp3) is 0.500. The van der Waals surface area contributed by atoms with Gasteiger partial charge in [0.15, 0.2) is 0 Å². The molecule has 0 radical (unpaired) electrons. The normalized spacial score (nSPS) is 13.5. The van der Waals surface area contributed by atoms with E-state index in [2.05, 4.69) is 15.9 Å². The van der Waals surface area contributed by atoms with Crippen molar-refractivity contribution in [3.05, 3.63) is 34.3 Å². The molecule has 0 saturated carbocycles. The van der Waals surface area contributed by atoms with Crippen molar-refractivity contribution in [3.63, 3.8) is 0 Å². The highest BCUT2D eigenvalue weighted by Crippen LogP contribution is 2.30. The molecule has 0 fully saturated rings. The van der Waals surface area contributed by atoms with Crippen molar-refractivity contribution in [2.24, 2.45) is 11.1 Å². The van der Waals surface area contributed by atoms with Crippen LogP contribution in [0, 0.1) is 5.41 Å². The number of hydrogen-bond acceptors (Lipinski definition) is 2. The van der Waals surface area contributed by atoms with Gasteiger partial charge in [0.05, 0.1) is 0 Å². The van der Waals surface area contributed by atoms with Crippen molar-refractivity contribution in [2.45, 2.75) is 33.1 Å². The molecule has 0 aromatic heterocycles. The summed E-state index contributed by atoms with van der Waals surface area (Å²) in [6.07, 6.45) is 0.706. The van der Waals surface area contributed by atoms with Crippen LogP contribution in [0.25, 0.3) is 0 Å². The molecule has 1 rings (SSSR count). The maximum absolute atomic E-state index is 12.4. The molecular formula is C14H20BrNO. The largest absolute Gasteiger partial charge is 0.330 e. The van der Waals surface area contributed by atoms with Gasteiger partial charge in [0.2, 0.25) is 0 Å². The number of halogens is 1. The zero-order chi connectivity index (χ0) is 13.1. The highest BCUT2D eigenvalue weighted by atomic mass is 79.9. The molecule has 0 aliphatic heterocycles. The molecule has 0 bridgehead atoms. The average molecular weight is 298 g/mol. The molecule has 1 unspecified atom stereocenters. The summed E-state index contributed by atoms with van der Waals surface area (Å²) in [5, 5.41) is 0. The van der Waals surface area contributed by atoms with Crippen molar-refractivity contribution >= 4 is 21.7 Å². The number of Topliss-reactive ketones (excluding diaryl/α,β-unsaturated/α-hetero) is 1. The SMILES string of the molecule is CC(C)(C)C(=O)C(CCN)c1ccc(Br)cc1. The Bertz CT molecular complexity index is 378. The summed E-state index contributed by atoms with van der Waals surface area (Å²) in [7, 11) is 0. The summed E-state index contributed by atoms with van der Waals surface area (Å²) < 4.78 is 1.02. The molecule has 17 heavy (non-hydrogen) atoms. The zero-order valence-corrected chi connectivity index (χ0v) is 12.3. The molecule has 0 amide bonds. The lowest BCUT2D eigenvalue weighted by Crippen LogP contribution is -2.28. The van der Waals surface area contributed by atoms with Crippen molar-refractivity contribution in [3.8, 4) is 0 Å². The summed E-state index contributed by atoms with van der Waals surface area (Å²) in [4.78, 5) is 12.4. The van der Waals surface area contributed by atoms with Crippen LogP contribution in [-0.4, -0.2) is 12.3 Å². The van der Waals surface area contributed by atoms with Crippen LogP contribution in [0.5, 0.6) is 0 Å². The maximum Gasteiger partial charge on any atom is 0.145 e. The Morgan fingerprint density at radius 2 is 1.82 bits per heavy atom. The van der Waals surface area contributed by atoms with Crippen LogP contribution in [0.1, 0.15) is 38.7 Å². The van der Waals surface area contributed by atoms with Gasteiger partial charge in [0, 0.05) is 15.8 Å². The first-order chi connectivity index (χ1) is 7.86. The van der Waals surface area contributed by atoms with Gasteiger partial charge < -0.3 is 5.73 Å². The highest BCUT2D eigenvalue weighted by molar-refractivity contribution is 9.10. The number of carbonyl (C=O) groups is 1. The van der Waals surface area contributed by atoms with E-state index in [0.717, 1.165) is 10.0 Å². The van der Waals surface area contributed by atoms with Crippen LogP contribution >= 0.6 is 15.9 Å². The van der Waals surface area contributed by atoms with Crippen molar-refractivity contribution in [2.75, 3.05) is 6.54 Å². The Morgan fingerprint density at radius 1 is 1.29 bits per heavy atom. The van der Waals surface area contributed by atoms with Crippen molar-refractivity contribution in [1.29, 1.82) is 0 Å². The first-order valence-electron chi connectivity index (χ1n) is 5.86. The Balaban J connectivity index is 3.01. The van der Waals surface area contributed by atoms with Gasteiger partial charge in [0.25, 0.3) is 0 Å². The molecule has 0 saturated heterocycles. The van der Waals surface area contributed by atoms with Crippen molar-refractivity contribution < 1.29 is 4.79 Å². The number of benzene rings is 1. The zero-order valence-electron chi connectivity index (χ0n) is 10.7. The third-order valence-electron chi connectivity index (χ3n) is 2.78. The first kappa shape index (κ1) is 14.4. The second kappa shape index (κ2) is 5.78. The van der Waals surface area contributed by atoms with E-state index in [1.807, 2.05) is 45.0 Å². The predicted octanol–water partition coefficient (Wildman–Crippen LogP) is 3.50. The van der Waals surface area contributed by atoms with E-state index >= 15 is 0 Å². The predicted molar refractivity (Wildman–Crippen MR) is 75.0 cm³/mol. The lowest BCUT2D eigenvalue weighted by atomic mass is 9.78. The minimum atomic E-state index is -0.326. The van der Waals surface area contributed by atoms with Crippen LogP contribution in [0.3, 0.4) is 0 Å². The molecule has 0 aliphatic carbocycles. The van der Waals surface area contributed by atoms with Crippen LogP contribution < -0.4 is 5.73 Å². The van der Waals surface area contributed by atoms with E-state index in [1.54, 1.807) is 0 Å². The Morgan fingerprint density at radius 3 is 2.24 bits per heavy atom. The standard InChI is InChI=1S/C14H20BrNO/c1-14(2,3)13(17)12(8-9-16)10-4-6-11(15)7-5-10/h4-7,12H,8-9,16H2,1-3H3. The number of rotatable bonds is 4. The van der Waals surface area contributed by atoms with E-state index in [4.69, 9.17) is 5.73 Å². The Labute approximate surface area is 112 Å². The molecule has 94 valence electrons. The van der Waals surface area contributed by atoms with Gasteiger partial charge in [-0.2, -0.15) is 0 Å². The van der Waals surface area contributed by atoms with Crippen LogP contribution in [0.15, 0.2) is 28.7 Å². The van der Waals surface area contributed by atoms with E-state index in [1.165, 1.54) is 0 Å². The van der Waals surface area contributed by atoms with Gasteiger partial charge in [0.1, 0.15) is 5.78 Å². The van der Waals surface area contributed by atoms with Crippen LogP contribution in [0.4, 0.5) is 0 Å². The molecular weight excluding hydrogens is 278 g/mol. The molecule has 0 heterocycles. The second-order valence-corrected chi connectivity index (χ2v) is 6.21. The summed E-state index contributed by atoms with van der Waals surface area (Å²) in [5.74, 6) is 0.165. The minimum absolute atomic E-state index is 0.0897. The lowest BCUT2D eigenvalue weighted by Gasteiger charge is -2.24. The van der Waals surface area contributed by atoms with Crippen molar-refractivity contribution in [1.82, 2.24) is 0 Å². The number of nitrogens with two attached hydrogens (primary N) is 1. The van der Waals surface area contributed by atoms with Gasteiger partial charge in [-0.25, -0.2) is 0 Å². The third-order valence-corrected chi connectivity index (χ3v) is 3.31. The first-order valence-corrected chi connectivity index (χ1v) is 6.65. The van der Waals surface area contributed by atoms with Crippen LogP contribution in [0.2, 0.25) is 0 Å². The fourth-order valence-electron chi connectivity index (χ4n) is 1.83. The highest BCUT2D eigenvalue weighted by Gasteiger charge is 2.29. The van der Waals surface area contributed by atoms with E-state index in [0.29, 0.717) is 13.0 Å². The molecule has 2 N–H and O–H groups in total. The number of hydrogen-bond donors (Lipinski definition) is 1. The van der Waals surface area contributed by atoms with Gasteiger partial charge in [-0.1, -0.05) is 48.8 Å². The molecule has 1 aromatic rings. The molecule has 2 nitrogen and oxygen atoms in total. The second-order valence-electron chi connectivity index (χ2n) is 5.30. The average Bonchev–Trinajstić information content (AvgIpc) is 2.25. The molecule has 1 atom stereocenters. The lowest BCUT2D eigenvalue weighted by molar-refractivity contribution is -0.127. The Kier molecular flexibility index (Phi) is 4.90. The molecule has 3 heteroatoms. The van der Waals surface area contributed by atoms with E-state index in [9.17, 15) is 4.79 Å². The number of carbonyl (C=O) groups excluding carboxylic acids is 1.